The fourth-order valence-electron chi connectivity index (χ4n) is 3.94. The first-order chi connectivity index (χ1) is 13.9. The average Bonchev–Trinajstić information content (AvgIpc) is 3.38. The van der Waals surface area contributed by atoms with E-state index in [-0.39, 0.29) is 36.7 Å². The van der Waals surface area contributed by atoms with Gasteiger partial charge in [0.05, 0.1) is 6.61 Å². The highest BCUT2D eigenvalue weighted by Crippen LogP contribution is 2.21. The average molecular weight is 402 g/mol. The number of hydrogen-bond acceptors (Lipinski definition) is 5. The number of hydrogen-bond donors (Lipinski definition) is 1. The van der Waals surface area contributed by atoms with Gasteiger partial charge in [0.1, 0.15) is 18.7 Å². The normalized spacial score (nSPS) is 20.2. The Morgan fingerprint density at radius 2 is 2.00 bits per heavy atom. The van der Waals surface area contributed by atoms with Crippen LogP contribution in [0, 0.1) is 5.92 Å². The van der Waals surface area contributed by atoms with Gasteiger partial charge in [0.25, 0.3) is 5.91 Å². The molecule has 3 rings (SSSR count). The summed E-state index contributed by atoms with van der Waals surface area (Å²) in [4.78, 5) is 41.6. The molecule has 0 radical (unpaired) electrons. The molecule has 2 saturated heterocycles. The molecule has 0 spiro atoms. The van der Waals surface area contributed by atoms with Gasteiger partial charge in [0.15, 0.2) is 5.78 Å². The van der Waals surface area contributed by atoms with E-state index in [0.717, 1.165) is 31.6 Å². The van der Waals surface area contributed by atoms with Crippen molar-refractivity contribution in [3.05, 3.63) is 29.8 Å². The molecule has 0 saturated carbocycles. The lowest BCUT2D eigenvalue weighted by Gasteiger charge is -2.28. The van der Waals surface area contributed by atoms with Gasteiger partial charge < -0.3 is 19.9 Å². The number of ether oxygens (including phenoxy) is 1. The third-order valence-corrected chi connectivity index (χ3v) is 5.60. The minimum Gasteiger partial charge on any atom is -0.372 e. The molecule has 2 unspecified atom stereocenters. The zero-order valence-corrected chi connectivity index (χ0v) is 17.5. The molecule has 7 nitrogen and oxygen atoms in total. The molecule has 2 heterocycles. The SMILES string of the molecule is CC(C)CC(NC(=O)c1cccc(N2CCCC2)c1)C(=O)N(C)C1COCC1=O. The molecule has 1 aromatic carbocycles. The van der Waals surface area contributed by atoms with Crippen molar-refractivity contribution in [1.82, 2.24) is 10.2 Å². The predicted octanol–water partition coefficient (Wildman–Crippen LogP) is 1.86. The van der Waals surface area contributed by atoms with E-state index in [4.69, 9.17) is 4.74 Å². The Kier molecular flexibility index (Phi) is 6.90. The van der Waals surface area contributed by atoms with E-state index in [2.05, 4.69) is 10.2 Å². The van der Waals surface area contributed by atoms with E-state index in [1.807, 2.05) is 32.0 Å². The van der Waals surface area contributed by atoms with Gasteiger partial charge in [-0.1, -0.05) is 19.9 Å². The van der Waals surface area contributed by atoms with Gasteiger partial charge in [0, 0.05) is 31.4 Å². The van der Waals surface area contributed by atoms with Gasteiger partial charge in [-0.05, 0) is 43.4 Å². The highest BCUT2D eigenvalue weighted by atomic mass is 16.5. The maximum absolute atomic E-state index is 13.0. The Morgan fingerprint density at radius 3 is 2.62 bits per heavy atom. The first-order valence-corrected chi connectivity index (χ1v) is 10.4. The summed E-state index contributed by atoms with van der Waals surface area (Å²) in [5.41, 5.74) is 1.58. The third kappa shape index (κ3) is 5.15. The molecule has 158 valence electrons. The maximum Gasteiger partial charge on any atom is 0.252 e. The standard InChI is InChI=1S/C22H31N3O4/c1-15(2)11-18(22(28)24(3)19-13-29-14-20(19)26)23-21(27)16-7-6-8-17(12-16)25-9-4-5-10-25/h6-8,12,15,18-19H,4-5,9-11,13-14H2,1-3H3,(H,23,27). The van der Waals surface area contributed by atoms with Crippen molar-refractivity contribution < 1.29 is 19.1 Å². The molecular weight excluding hydrogens is 370 g/mol. The van der Waals surface area contributed by atoms with Crippen molar-refractivity contribution in [2.45, 2.75) is 45.2 Å². The summed E-state index contributed by atoms with van der Waals surface area (Å²) in [5.74, 6) is -0.419. The van der Waals surface area contributed by atoms with Crippen LogP contribution < -0.4 is 10.2 Å². The lowest BCUT2D eigenvalue weighted by atomic mass is 10.0. The lowest BCUT2D eigenvalue weighted by Crippen LogP contribution is -2.52. The lowest BCUT2D eigenvalue weighted by molar-refractivity contribution is -0.138. The van der Waals surface area contributed by atoms with Crippen LogP contribution >= 0.6 is 0 Å². The molecule has 2 aliphatic rings. The summed E-state index contributed by atoms with van der Waals surface area (Å²) in [6.07, 6.45) is 2.83. The van der Waals surface area contributed by atoms with Gasteiger partial charge in [0.2, 0.25) is 5.91 Å². The van der Waals surface area contributed by atoms with Gasteiger partial charge >= 0.3 is 0 Å². The Morgan fingerprint density at radius 1 is 1.28 bits per heavy atom. The van der Waals surface area contributed by atoms with Crippen LogP contribution in [0.4, 0.5) is 5.69 Å². The summed E-state index contributed by atoms with van der Waals surface area (Å²) >= 11 is 0. The smallest absolute Gasteiger partial charge is 0.252 e. The third-order valence-electron chi connectivity index (χ3n) is 5.60. The summed E-state index contributed by atoms with van der Waals surface area (Å²) < 4.78 is 5.18. The van der Waals surface area contributed by atoms with Gasteiger partial charge in [-0.15, -0.1) is 0 Å². The Bertz CT molecular complexity index is 758. The second-order valence-electron chi connectivity index (χ2n) is 8.35. The second kappa shape index (κ2) is 9.39. The summed E-state index contributed by atoms with van der Waals surface area (Å²) in [5, 5.41) is 2.90. The minimum atomic E-state index is -0.684. The molecule has 1 aromatic rings. The zero-order valence-electron chi connectivity index (χ0n) is 17.5. The maximum atomic E-state index is 13.0. The zero-order chi connectivity index (χ0) is 21.0. The molecule has 0 bridgehead atoms. The number of nitrogens with zero attached hydrogens (tertiary/aromatic N) is 2. The van der Waals surface area contributed by atoms with E-state index < -0.39 is 12.1 Å². The van der Waals surface area contributed by atoms with Crippen LogP contribution in [0.5, 0.6) is 0 Å². The van der Waals surface area contributed by atoms with E-state index in [1.54, 1.807) is 13.1 Å². The Balaban J connectivity index is 1.72. The van der Waals surface area contributed by atoms with Gasteiger partial charge in [-0.3, -0.25) is 14.4 Å². The van der Waals surface area contributed by atoms with E-state index in [9.17, 15) is 14.4 Å². The van der Waals surface area contributed by atoms with E-state index >= 15 is 0 Å². The number of carbonyl (C=O) groups is 3. The Labute approximate surface area is 172 Å². The van der Waals surface area contributed by atoms with Crippen molar-refractivity contribution in [1.29, 1.82) is 0 Å². The first kappa shape index (κ1) is 21.3. The molecule has 0 aliphatic carbocycles. The monoisotopic (exact) mass is 401 g/mol. The molecule has 2 fully saturated rings. The molecule has 7 heteroatoms. The number of likely N-dealkylation sites (N-methyl/N-ethyl adjacent to an activating group) is 1. The Hall–Kier alpha value is -2.41. The predicted molar refractivity (Wildman–Crippen MR) is 111 cm³/mol. The number of benzene rings is 1. The van der Waals surface area contributed by atoms with Crippen LogP contribution in [-0.4, -0.2) is 67.9 Å². The minimum absolute atomic E-state index is 0.0345. The van der Waals surface area contributed by atoms with Crippen molar-refractivity contribution in [3.8, 4) is 0 Å². The molecule has 29 heavy (non-hydrogen) atoms. The van der Waals surface area contributed by atoms with Crippen LogP contribution in [0.15, 0.2) is 24.3 Å². The van der Waals surface area contributed by atoms with Crippen LogP contribution in [0.2, 0.25) is 0 Å². The number of anilines is 1. The largest absolute Gasteiger partial charge is 0.372 e. The summed E-state index contributed by atoms with van der Waals surface area (Å²) in [6, 6.07) is 6.28. The topological polar surface area (TPSA) is 79.0 Å². The fourth-order valence-corrected chi connectivity index (χ4v) is 3.94. The fraction of sp³-hybridized carbons (Fsp3) is 0.591. The summed E-state index contributed by atoms with van der Waals surface area (Å²) in [7, 11) is 1.60. The highest BCUT2D eigenvalue weighted by Gasteiger charge is 2.35. The second-order valence-corrected chi connectivity index (χ2v) is 8.35. The molecule has 0 aromatic heterocycles. The van der Waals surface area contributed by atoms with Gasteiger partial charge in [-0.2, -0.15) is 0 Å². The van der Waals surface area contributed by atoms with Crippen LogP contribution in [0.1, 0.15) is 43.5 Å². The van der Waals surface area contributed by atoms with Crippen LogP contribution in [-0.2, 0) is 14.3 Å². The van der Waals surface area contributed by atoms with Crippen LogP contribution in [0.25, 0.3) is 0 Å². The van der Waals surface area contributed by atoms with Crippen molar-refractivity contribution >= 4 is 23.3 Å². The quantitative estimate of drug-likeness (QED) is 0.754. The molecule has 2 aliphatic heterocycles. The highest BCUT2D eigenvalue weighted by molar-refractivity contribution is 5.99. The molecule has 1 N–H and O–H groups in total. The van der Waals surface area contributed by atoms with Crippen LogP contribution in [0.3, 0.4) is 0 Å². The molecule has 2 atom stereocenters. The van der Waals surface area contributed by atoms with Gasteiger partial charge in [-0.25, -0.2) is 0 Å². The summed E-state index contributed by atoms with van der Waals surface area (Å²) in [6.45, 7) is 6.26. The number of amides is 2. The van der Waals surface area contributed by atoms with Crippen molar-refractivity contribution in [2.24, 2.45) is 5.92 Å². The molecule has 2 amide bonds. The number of ketones is 1. The number of Topliss-reactive ketones (excluding diaryl/α,β-unsaturated/α-hetero) is 1. The first-order valence-electron chi connectivity index (χ1n) is 10.4. The number of carbonyl (C=O) groups excluding carboxylic acids is 3. The van der Waals surface area contributed by atoms with E-state index in [1.165, 1.54) is 4.90 Å². The number of rotatable bonds is 7. The number of nitrogens with one attached hydrogen (secondary N) is 1. The van der Waals surface area contributed by atoms with E-state index in [0.29, 0.717) is 12.0 Å². The van der Waals surface area contributed by atoms with Crippen molar-refractivity contribution in [2.75, 3.05) is 38.3 Å². The molecular formula is C22H31N3O4. The van der Waals surface area contributed by atoms with Crippen molar-refractivity contribution in [3.63, 3.8) is 0 Å².